The summed E-state index contributed by atoms with van der Waals surface area (Å²) in [4.78, 5) is 29.4. The molecule has 1 aromatic carbocycles. The third-order valence-corrected chi connectivity index (χ3v) is 4.92. The molecule has 6 heteroatoms. The second-order valence-corrected chi connectivity index (χ2v) is 7.92. The van der Waals surface area contributed by atoms with E-state index in [1.54, 1.807) is 23.8 Å². The first-order valence-corrected chi connectivity index (χ1v) is 10.2. The maximum atomic E-state index is 12.5. The van der Waals surface area contributed by atoms with Crippen LogP contribution in [-0.2, 0) is 11.3 Å². The van der Waals surface area contributed by atoms with E-state index in [-0.39, 0.29) is 11.5 Å². The van der Waals surface area contributed by atoms with Crippen molar-refractivity contribution < 1.29 is 4.79 Å². The Hall–Kier alpha value is -3.41. The summed E-state index contributed by atoms with van der Waals surface area (Å²) in [5.41, 5.74) is 4.90. The molecular weight excluding hydrogens is 388 g/mol. The molecule has 6 nitrogen and oxygen atoms in total. The molecule has 2 aromatic rings. The van der Waals surface area contributed by atoms with Gasteiger partial charge in [-0.1, -0.05) is 24.3 Å². The Balaban J connectivity index is 2.14. The van der Waals surface area contributed by atoms with Crippen molar-refractivity contribution in [3.05, 3.63) is 81.6 Å². The first kappa shape index (κ1) is 23.9. The third-order valence-electron chi connectivity index (χ3n) is 4.92. The van der Waals surface area contributed by atoms with Gasteiger partial charge in [0.2, 0.25) is 0 Å². The number of aliphatic imine (C=N–C) groups is 1. The van der Waals surface area contributed by atoms with Crippen molar-refractivity contribution in [1.82, 2.24) is 15.2 Å². The monoisotopic (exact) mass is 420 g/mol. The van der Waals surface area contributed by atoms with Crippen molar-refractivity contribution in [1.29, 1.82) is 0 Å². The van der Waals surface area contributed by atoms with E-state index in [4.69, 9.17) is 0 Å². The first-order chi connectivity index (χ1) is 14.6. The van der Waals surface area contributed by atoms with Gasteiger partial charge in [0.1, 0.15) is 0 Å². The van der Waals surface area contributed by atoms with Gasteiger partial charge in [-0.05, 0) is 63.1 Å². The van der Waals surface area contributed by atoms with Gasteiger partial charge < -0.3 is 15.2 Å². The molecule has 1 amide bonds. The molecule has 0 saturated carbocycles. The molecule has 0 aliphatic heterocycles. The number of fused-ring (bicyclic) bond motifs is 1. The molecule has 0 bridgehead atoms. The predicted molar refractivity (Wildman–Crippen MR) is 129 cm³/mol. The van der Waals surface area contributed by atoms with Gasteiger partial charge in [-0.3, -0.25) is 14.6 Å². The fourth-order valence-electron chi connectivity index (χ4n) is 3.05. The minimum Gasteiger partial charge on any atom is -0.390 e. The average molecular weight is 421 g/mol. The van der Waals surface area contributed by atoms with Gasteiger partial charge >= 0.3 is 0 Å². The first-order valence-electron chi connectivity index (χ1n) is 10.2. The number of allylic oxidation sites excluding steroid dienone is 2. The van der Waals surface area contributed by atoms with E-state index in [0.717, 1.165) is 33.3 Å². The summed E-state index contributed by atoms with van der Waals surface area (Å²) in [5.74, 6) is -0.265. The van der Waals surface area contributed by atoms with Gasteiger partial charge in [0, 0.05) is 48.5 Å². The Labute approximate surface area is 184 Å². The Morgan fingerprint density at radius 3 is 2.52 bits per heavy atom. The smallest absolute Gasteiger partial charge is 0.251 e. The lowest BCUT2D eigenvalue weighted by Crippen LogP contribution is -2.27. The highest BCUT2D eigenvalue weighted by atomic mass is 16.1. The number of hydrogen-bond acceptors (Lipinski definition) is 4. The van der Waals surface area contributed by atoms with Crippen LogP contribution in [0.5, 0.6) is 0 Å². The molecule has 31 heavy (non-hydrogen) atoms. The number of aromatic nitrogens is 1. The fraction of sp³-hybridized carbons (Fsp3) is 0.320. The lowest BCUT2D eigenvalue weighted by Gasteiger charge is -2.12. The van der Waals surface area contributed by atoms with E-state index in [2.05, 4.69) is 22.2 Å². The zero-order valence-electron chi connectivity index (χ0n) is 19.3. The molecule has 0 unspecified atom stereocenters. The maximum Gasteiger partial charge on any atom is 0.251 e. The van der Waals surface area contributed by atoms with Crippen LogP contribution < -0.4 is 16.2 Å². The highest BCUT2D eigenvalue weighted by Gasteiger charge is 2.08. The van der Waals surface area contributed by atoms with E-state index >= 15 is 0 Å². The van der Waals surface area contributed by atoms with E-state index in [1.165, 1.54) is 0 Å². The molecule has 0 aliphatic rings. The van der Waals surface area contributed by atoms with Crippen LogP contribution in [0.3, 0.4) is 0 Å². The molecule has 0 atom stereocenters. The number of pyridine rings is 1. The second kappa shape index (κ2) is 10.6. The number of hydrogen-bond donors (Lipinski definition) is 2. The minimum absolute atomic E-state index is 0.101. The van der Waals surface area contributed by atoms with Crippen molar-refractivity contribution in [3.63, 3.8) is 0 Å². The number of carbonyl (C=O) groups excluding carboxylic acids is 1. The van der Waals surface area contributed by atoms with E-state index in [1.807, 2.05) is 59.0 Å². The third kappa shape index (κ3) is 6.81. The zero-order chi connectivity index (χ0) is 23.1. The van der Waals surface area contributed by atoms with Gasteiger partial charge in [-0.15, -0.1) is 0 Å². The average Bonchev–Trinajstić information content (AvgIpc) is 2.71. The highest BCUT2D eigenvalue weighted by Crippen LogP contribution is 2.14. The normalized spacial score (nSPS) is 12.3. The number of likely N-dealkylation sites (N-methyl/N-ethyl adjacent to an activating group) is 1. The number of nitrogens with one attached hydrogen (secondary N) is 2. The van der Waals surface area contributed by atoms with E-state index in [9.17, 15) is 9.59 Å². The maximum absolute atomic E-state index is 12.5. The summed E-state index contributed by atoms with van der Waals surface area (Å²) in [7, 11) is 1.76. The Kier molecular flexibility index (Phi) is 8.14. The van der Waals surface area contributed by atoms with Crippen LogP contribution in [0, 0.1) is 6.92 Å². The number of rotatable bonds is 8. The van der Waals surface area contributed by atoms with Crippen LogP contribution in [0.4, 0.5) is 0 Å². The molecule has 0 radical (unpaired) electrons. The standard InChI is InChI=1S/C25H32N4O2/c1-16(2)28-20(6)19(5)13-27-25(31)18(4)11-23(26-7)15-29-14-22-10-17(3)8-9-21(22)12-24(29)30/h8-12,14,26H,4,13,15H2,1-3,5-7H3,(H,27,31)/b20-19+,23-11-. The lowest BCUT2D eigenvalue weighted by molar-refractivity contribution is -0.117. The topological polar surface area (TPSA) is 75.5 Å². The quantitative estimate of drug-likeness (QED) is 0.387. The summed E-state index contributed by atoms with van der Waals surface area (Å²) in [6, 6.07) is 7.61. The van der Waals surface area contributed by atoms with E-state index in [0.29, 0.717) is 24.4 Å². The Morgan fingerprint density at radius 1 is 1.16 bits per heavy atom. The van der Waals surface area contributed by atoms with Gasteiger partial charge in [0.25, 0.3) is 11.5 Å². The molecule has 2 N–H and O–H groups in total. The number of benzene rings is 1. The Bertz CT molecular complexity index is 1150. The summed E-state index contributed by atoms with van der Waals surface area (Å²) in [5, 5.41) is 7.83. The minimum atomic E-state index is -0.265. The molecule has 0 saturated heterocycles. The second-order valence-electron chi connectivity index (χ2n) is 7.92. The lowest BCUT2D eigenvalue weighted by atomic mass is 10.1. The van der Waals surface area contributed by atoms with E-state index < -0.39 is 0 Å². The van der Waals surface area contributed by atoms with Crippen LogP contribution in [0.1, 0.15) is 33.3 Å². The van der Waals surface area contributed by atoms with Crippen molar-refractivity contribution in [2.24, 2.45) is 4.99 Å². The number of nitrogens with zero attached hydrogens (tertiary/aromatic N) is 2. The molecule has 164 valence electrons. The molecule has 0 fully saturated rings. The van der Waals surface area contributed by atoms with Crippen molar-refractivity contribution >= 4 is 22.4 Å². The molecular formula is C25H32N4O2. The van der Waals surface area contributed by atoms with Crippen molar-refractivity contribution in [2.75, 3.05) is 13.6 Å². The molecule has 1 aromatic heterocycles. The van der Waals surface area contributed by atoms with Crippen molar-refractivity contribution in [3.8, 4) is 0 Å². The van der Waals surface area contributed by atoms with Crippen molar-refractivity contribution in [2.45, 2.75) is 41.2 Å². The summed E-state index contributed by atoms with van der Waals surface area (Å²) in [6.45, 7) is 14.3. The predicted octanol–water partition coefficient (Wildman–Crippen LogP) is 3.86. The fourth-order valence-corrected chi connectivity index (χ4v) is 3.05. The molecule has 0 spiro atoms. The van der Waals surface area contributed by atoms with Crippen LogP contribution >= 0.6 is 0 Å². The Morgan fingerprint density at radius 2 is 1.87 bits per heavy atom. The highest BCUT2D eigenvalue weighted by molar-refractivity contribution is 5.95. The van der Waals surface area contributed by atoms with Crippen LogP contribution in [0.25, 0.3) is 10.8 Å². The van der Waals surface area contributed by atoms with Gasteiger partial charge in [-0.25, -0.2) is 0 Å². The molecule has 0 aliphatic carbocycles. The number of carbonyl (C=O) groups is 1. The summed E-state index contributed by atoms with van der Waals surface area (Å²) < 4.78 is 1.62. The largest absolute Gasteiger partial charge is 0.390 e. The molecule has 2 rings (SSSR count). The number of aryl methyl sites for hydroxylation is 1. The van der Waals surface area contributed by atoms with Crippen LogP contribution in [-0.4, -0.2) is 29.8 Å². The molecule has 1 heterocycles. The SMILES string of the molecule is C=C(/C=C(/Cn1cc2cc(C)ccc2cc1=O)NC)C(=O)NC/C(C)=C(\C)N=C(C)C. The van der Waals surface area contributed by atoms with Crippen LogP contribution in [0.15, 0.2) is 75.4 Å². The van der Waals surface area contributed by atoms with Gasteiger partial charge in [-0.2, -0.15) is 0 Å². The van der Waals surface area contributed by atoms with Crippen LogP contribution in [0.2, 0.25) is 0 Å². The summed E-state index contributed by atoms with van der Waals surface area (Å²) >= 11 is 0. The zero-order valence-corrected chi connectivity index (χ0v) is 19.3. The summed E-state index contributed by atoms with van der Waals surface area (Å²) in [6.07, 6.45) is 3.51. The number of amides is 1. The van der Waals surface area contributed by atoms with Gasteiger partial charge in [0.15, 0.2) is 0 Å². The van der Waals surface area contributed by atoms with Gasteiger partial charge in [0.05, 0.1) is 6.54 Å².